The van der Waals surface area contributed by atoms with Crippen molar-refractivity contribution in [1.82, 2.24) is 4.90 Å². The largest absolute Gasteiger partial charge is 0.398 e. The lowest BCUT2D eigenvalue weighted by Gasteiger charge is -2.44. The van der Waals surface area contributed by atoms with E-state index in [2.05, 4.69) is 47.9 Å². The molecule has 0 aromatic heterocycles. The van der Waals surface area contributed by atoms with E-state index < -0.39 is 0 Å². The number of nitrogen functional groups attached to an aromatic ring is 1. The van der Waals surface area contributed by atoms with Gasteiger partial charge in [0, 0.05) is 50.0 Å². The van der Waals surface area contributed by atoms with Gasteiger partial charge in [-0.15, -0.1) is 0 Å². The number of aliphatic hydroxyl groups is 1. The van der Waals surface area contributed by atoms with Crippen molar-refractivity contribution in [1.29, 1.82) is 0 Å². The molecule has 0 saturated carbocycles. The molecule has 0 spiro atoms. The van der Waals surface area contributed by atoms with Crippen LogP contribution in [0.1, 0.15) is 22.3 Å². The van der Waals surface area contributed by atoms with Crippen LogP contribution in [0, 0.1) is 13.8 Å². The number of fused-ring (bicyclic) bond motifs is 1. The monoisotopic (exact) mass is 351 g/mol. The average molecular weight is 351 g/mol. The minimum Gasteiger partial charge on any atom is -0.398 e. The third-order valence-corrected chi connectivity index (χ3v) is 6.13. The van der Waals surface area contributed by atoms with Crippen molar-refractivity contribution in [2.45, 2.75) is 38.8 Å². The van der Waals surface area contributed by atoms with Crippen molar-refractivity contribution in [3.05, 3.63) is 58.7 Å². The van der Waals surface area contributed by atoms with Gasteiger partial charge in [0.1, 0.15) is 0 Å². The second-order valence-electron chi connectivity index (χ2n) is 7.79. The first-order chi connectivity index (χ1) is 12.5. The average Bonchev–Trinajstić information content (AvgIpc) is 2.63. The van der Waals surface area contributed by atoms with Crippen LogP contribution < -0.4 is 10.6 Å². The van der Waals surface area contributed by atoms with Crippen LogP contribution in [0.25, 0.3) is 0 Å². The lowest BCUT2D eigenvalue weighted by molar-refractivity contribution is 0.0396. The number of benzene rings is 2. The van der Waals surface area contributed by atoms with E-state index in [1.807, 2.05) is 12.1 Å². The molecule has 2 aliphatic rings. The molecule has 2 aromatic carbocycles. The number of aliphatic hydroxyl groups excluding tert-OH is 1. The third kappa shape index (κ3) is 3.08. The lowest BCUT2D eigenvalue weighted by atomic mass is 9.84. The van der Waals surface area contributed by atoms with E-state index in [4.69, 9.17) is 5.73 Å². The fourth-order valence-electron chi connectivity index (χ4n) is 4.76. The number of hydrogen-bond acceptors (Lipinski definition) is 4. The van der Waals surface area contributed by atoms with Gasteiger partial charge < -0.3 is 15.7 Å². The number of para-hydroxylation sites is 1. The van der Waals surface area contributed by atoms with Crippen molar-refractivity contribution in [3.8, 4) is 0 Å². The van der Waals surface area contributed by atoms with Gasteiger partial charge in [-0.25, -0.2) is 0 Å². The first-order valence-electron chi connectivity index (χ1n) is 9.64. The van der Waals surface area contributed by atoms with Crippen molar-refractivity contribution in [3.63, 3.8) is 0 Å². The number of hydrogen-bond donors (Lipinski definition) is 2. The number of rotatable bonds is 2. The minimum absolute atomic E-state index is 0.199. The smallest absolute Gasteiger partial charge is 0.0739 e. The first-order valence-corrected chi connectivity index (χ1v) is 9.64. The van der Waals surface area contributed by atoms with Crippen LogP contribution in [0.2, 0.25) is 0 Å². The van der Waals surface area contributed by atoms with Crippen molar-refractivity contribution in [2.75, 3.05) is 36.8 Å². The summed E-state index contributed by atoms with van der Waals surface area (Å²) in [6.07, 6.45) is 1.23. The molecule has 26 heavy (non-hydrogen) atoms. The lowest BCUT2D eigenvalue weighted by Crippen LogP contribution is -2.56. The van der Waals surface area contributed by atoms with Crippen LogP contribution >= 0.6 is 0 Å². The number of aryl methyl sites for hydroxylation is 2. The zero-order valence-electron chi connectivity index (χ0n) is 15.8. The van der Waals surface area contributed by atoms with Gasteiger partial charge in [0.15, 0.2) is 0 Å². The van der Waals surface area contributed by atoms with Crippen LogP contribution in [-0.2, 0) is 12.8 Å². The number of anilines is 2. The Bertz CT molecular complexity index is 776. The molecule has 2 aromatic rings. The van der Waals surface area contributed by atoms with E-state index in [9.17, 15) is 5.11 Å². The maximum absolute atomic E-state index is 10.8. The number of piperazine rings is 1. The fourth-order valence-corrected chi connectivity index (χ4v) is 4.76. The van der Waals surface area contributed by atoms with Gasteiger partial charge in [0.05, 0.1) is 6.10 Å². The van der Waals surface area contributed by atoms with Gasteiger partial charge >= 0.3 is 0 Å². The Morgan fingerprint density at radius 1 is 0.923 bits per heavy atom. The summed E-state index contributed by atoms with van der Waals surface area (Å²) in [5.41, 5.74) is 13.5. The Hall–Kier alpha value is -2.04. The molecule has 1 saturated heterocycles. The van der Waals surface area contributed by atoms with Crippen LogP contribution in [0.4, 0.5) is 11.4 Å². The summed E-state index contributed by atoms with van der Waals surface area (Å²) in [7, 11) is 0. The Morgan fingerprint density at radius 2 is 1.58 bits per heavy atom. The highest BCUT2D eigenvalue weighted by Crippen LogP contribution is 2.31. The van der Waals surface area contributed by atoms with Crippen molar-refractivity contribution in [2.24, 2.45) is 0 Å². The van der Waals surface area contributed by atoms with Gasteiger partial charge in [0.2, 0.25) is 0 Å². The Labute approximate surface area is 156 Å². The molecule has 2 atom stereocenters. The van der Waals surface area contributed by atoms with Crippen molar-refractivity contribution >= 4 is 11.4 Å². The molecule has 4 nitrogen and oxygen atoms in total. The molecule has 1 aliphatic heterocycles. The summed E-state index contributed by atoms with van der Waals surface area (Å²) in [6.45, 7) is 8.40. The Kier molecular flexibility index (Phi) is 4.63. The van der Waals surface area contributed by atoms with Crippen LogP contribution in [0.3, 0.4) is 0 Å². The summed E-state index contributed by atoms with van der Waals surface area (Å²) >= 11 is 0. The summed E-state index contributed by atoms with van der Waals surface area (Å²) in [6, 6.07) is 12.9. The van der Waals surface area contributed by atoms with Crippen LogP contribution in [0.15, 0.2) is 36.4 Å². The number of nitrogens with two attached hydrogens (primary N) is 1. The van der Waals surface area contributed by atoms with E-state index in [0.717, 1.165) is 43.9 Å². The zero-order chi connectivity index (χ0) is 18.3. The summed E-state index contributed by atoms with van der Waals surface area (Å²) in [5, 5.41) is 10.8. The number of nitrogens with zero attached hydrogens (tertiary/aromatic N) is 2. The third-order valence-electron chi connectivity index (χ3n) is 6.13. The standard InChI is InChI=1S/C22H29N3O/c1-15-5-3-6-16(2)22(15)25-11-9-24(10-12-25)20-13-17-7-4-8-19(23)18(17)14-21(20)26/h3-8,20-21,26H,9-14,23H2,1-2H3/t20-,21-/m0/s1. The molecule has 1 fully saturated rings. The fraction of sp³-hybridized carbons (Fsp3) is 0.455. The minimum atomic E-state index is -0.334. The second-order valence-corrected chi connectivity index (χ2v) is 7.79. The highest BCUT2D eigenvalue weighted by atomic mass is 16.3. The predicted octanol–water partition coefficient (Wildman–Crippen LogP) is 2.54. The van der Waals surface area contributed by atoms with Crippen LogP contribution in [0.5, 0.6) is 0 Å². The van der Waals surface area contributed by atoms with E-state index in [0.29, 0.717) is 6.42 Å². The predicted molar refractivity (Wildman–Crippen MR) is 108 cm³/mol. The molecule has 3 N–H and O–H groups in total. The highest BCUT2D eigenvalue weighted by Gasteiger charge is 2.34. The summed E-state index contributed by atoms with van der Waals surface area (Å²) in [4.78, 5) is 4.98. The maximum Gasteiger partial charge on any atom is 0.0739 e. The zero-order valence-corrected chi connectivity index (χ0v) is 15.8. The van der Waals surface area contributed by atoms with Gasteiger partial charge in [-0.05, 0) is 48.6 Å². The van der Waals surface area contributed by atoms with E-state index in [1.165, 1.54) is 22.4 Å². The SMILES string of the molecule is Cc1cccc(C)c1N1CCN([C@H]2Cc3cccc(N)c3C[C@@H]2O)CC1. The quantitative estimate of drug-likeness (QED) is 0.817. The summed E-state index contributed by atoms with van der Waals surface area (Å²) < 4.78 is 0. The molecule has 0 amide bonds. The molecule has 0 radical (unpaired) electrons. The topological polar surface area (TPSA) is 52.7 Å². The van der Waals surface area contributed by atoms with E-state index in [1.54, 1.807) is 0 Å². The Morgan fingerprint density at radius 3 is 2.27 bits per heavy atom. The molecule has 1 heterocycles. The molecule has 138 valence electrons. The van der Waals surface area contributed by atoms with Crippen molar-refractivity contribution < 1.29 is 5.11 Å². The summed E-state index contributed by atoms with van der Waals surface area (Å²) in [5.74, 6) is 0. The van der Waals surface area contributed by atoms with Gasteiger partial charge in [-0.2, -0.15) is 0 Å². The second kappa shape index (κ2) is 6.93. The molecule has 1 aliphatic carbocycles. The molecular weight excluding hydrogens is 322 g/mol. The molecular formula is C22H29N3O. The van der Waals surface area contributed by atoms with Crippen LogP contribution in [-0.4, -0.2) is 48.3 Å². The normalized spacial score (nSPS) is 23.7. The maximum atomic E-state index is 10.8. The molecule has 4 heteroatoms. The van der Waals surface area contributed by atoms with E-state index >= 15 is 0 Å². The van der Waals surface area contributed by atoms with Gasteiger partial charge in [-0.3, -0.25) is 4.90 Å². The molecule has 0 unspecified atom stereocenters. The molecule has 4 rings (SSSR count). The van der Waals surface area contributed by atoms with Gasteiger partial charge in [-0.1, -0.05) is 30.3 Å². The first kappa shape index (κ1) is 17.4. The highest BCUT2D eigenvalue weighted by molar-refractivity contribution is 5.59. The Balaban J connectivity index is 1.47. The van der Waals surface area contributed by atoms with Gasteiger partial charge in [0.25, 0.3) is 0 Å². The molecule has 0 bridgehead atoms. The van der Waals surface area contributed by atoms with E-state index in [-0.39, 0.29) is 12.1 Å².